The minimum atomic E-state index is -0.363. The molecule has 1 amide bonds. The van der Waals surface area contributed by atoms with Gasteiger partial charge in [0.15, 0.2) is 0 Å². The molecule has 0 unspecified atom stereocenters. The molecule has 0 saturated carbocycles. The predicted octanol–water partition coefficient (Wildman–Crippen LogP) is 0.919. The third-order valence-corrected chi connectivity index (χ3v) is 6.22. The van der Waals surface area contributed by atoms with Gasteiger partial charge in [-0.1, -0.05) is 18.3 Å². The smallest absolute Gasteiger partial charge is 0.288 e. The molecule has 9 heteroatoms. The summed E-state index contributed by atoms with van der Waals surface area (Å²) in [4.78, 5) is 36.7. The maximum atomic E-state index is 12.8. The van der Waals surface area contributed by atoms with Crippen LogP contribution in [0.15, 0.2) is 11.0 Å². The Balaban J connectivity index is 1.59. The number of anilines is 1. The van der Waals surface area contributed by atoms with Gasteiger partial charge < -0.3 is 14.7 Å². The summed E-state index contributed by atoms with van der Waals surface area (Å²) in [5.41, 5.74) is -0.250. The van der Waals surface area contributed by atoms with E-state index in [0.29, 0.717) is 18.1 Å². The van der Waals surface area contributed by atoms with Gasteiger partial charge in [0.2, 0.25) is 10.1 Å². The Morgan fingerprint density at radius 2 is 1.85 bits per heavy atom. The summed E-state index contributed by atoms with van der Waals surface area (Å²) in [6.07, 6.45) is 4.95. The number of hydrogen-bond donors (Lipinski definition) is 0. The third-order valence-electron chi connectivity index (χ3n) is 5.24. The Bertz CT molecular complexity index is 849. The maximum Gasteiger partial charge on any atom is 0.288 e. The minimum Gasteiger partial charge on any atom is -0.347 e. The van der Waals surface area contributed by atoms with E-state index in [2.05, 4.69) is 26.8 Å². The topological polar surface area (TPSA) is 74.1 Å². The molecule has 2 aromatic rings. The van der Waals surface area contributed by atoms with Crippen molar-refractivity contribution in [2.45, 2.75) is 26.2 Å². The molecule has 0 aromatic carbocycles. The van der Waals surface area contributed by atoms with Crippen LogP contribution in [-0.4, -0.2) is 76.1 Å². The first kappa shape index (κ1) is 17.4. The highest BCUT2D eigenvalue weighted by atomic mass is 32.1. The zero-order valence-corrected chi connectivity index (χ0v) is 15.9. The predicted molar refractivity (Wildman–Crippen MR) is 101 cm³/mol. The van der Waals surface area contributed by atoms with Crippen LogP contribution in [0.5, 0.6) is 0 Å². The maximum absolute atomic E-state index is 12.8. The van der Waals surface area contributed by atoms with Crippen LogP contribution in [0.25, 0.3) is 4.96 Å². The molecule has 0 radical (unpaired) electrons. The number of fused-ring (bicyclic) bond motifs is 1. The Kier molecular flexibility index (Phi) is 4.90. The first-order valence-corrected chi connectivity index (χ1v) is 10.1. The summed E-state index contributed by atoms with van der Waals surface area (Å²) in [5, 5.41) is 5.27. The molecule has 0 aliphatic carbocycles. The van der Waals surface area contributed by atoms with Crippen LogP contribution in [0, 0.1) is 0 Å². The van der Waals surface area contributed by atoms with E-state index in [0.717, 1.165) is 50.7 Å². The molecule has 2 aromatic heterocycles. The highest BCUT2D eigenvalue weighted by Crippen LogP contribution is 2.24. The van der Waals surface area contributed by atoms with E-state index in [-0.39, 0.29) is 17.0 Å². The van der Waals surface area contributed by atoms with Crippen molar-refractivity contribution < 1.29 is 4.79 Å². The standard InChI is InChI=1S/C17H24N6O2S/c1-2-20-8-10-21(11-9-20)14(24)13-12-18-16-23(15(13)25)19-17(26-16)22-6-4-3-5-7-22/h12H,2-11H2,1H3. The summed E-state index contributed by atoms with van der Waals surface area (Å²) < 4.78 is 1.30. The Morgan fingerprint density at radius 3 is 2.54 bits per heavy atom. The lowest BCUT2D eigenvalue weighted by atomic mass is 10.1. The van der Waals surface area contributed by atoms with Gasteiger partial charge in [0, 0.05) is 45.5 Å². The van der Waals surface area contributed by atoms with Crippen LogP contribution in [-0.2, 0) is 0 Å². The molecular formula is C17H24N6O2S. The molecule has 2 saturated heterocycles. The number of hydrogen-bond acceptors (Lipinski definition) is 7. The highest BCUT2D eigenvalue weighted by molar-refractivity contribution is 7.20. The number of rotatable bonds is 3. The lowest BCUT2D eigenvalue weighted by molar-refractivity contribution is 0.0641. The Morgan fingerprint density at radius 1 is 1.12 bits per heavy atom. The first-order chi connectivity index (χ1) is 12.7. The fraction of sp³-hybridized carbons (Fsp3) is 0.647. The van der Waals surface area contributed by atoms with Crippen molar-refractivity contribution in [1.82, 2.24) is 24.4 Å². The second-order valence-corrected chi connectivity index (χ2v) is 7.76. The van der Waals surface area contributed by atoms with Crippen molar-refractivity contribution in [3.8, 4) is 0 Å². The summed E-state index contributed by atoms with van der Waals surface area (Å²) >= 11 is 1.41. The molecule has 26 heavy (non-hydrogen) atoms. The van der Waals surface area contributed by atoms with Crippen LogP contribution in [0.3, 0.4) is 0 Å². The first-order valence-electron chi connectivity index (χ1n) is 9.33. The van der Waals surface area contributed by atoms with Gasteiger partial charge in [0.1, 0.15) is 5.56 Å². The average molecular weight is 376 g/mol. The zero-order valence-electron chi connectivity index (χ0n) is 15.1. The Labute approximate surface area is 156 Å². The number of aromatic nitrogens is 3. The minimum absolute atomic E-state index is 0.114. The van der Waals surface area contributed by atoms with Crippen LogP contribution < -0.4 is 10.5 Å². The third kappa shape index (κ3) is 3.21. The number of carbonyl (C=O) groups excluding carboxylic acids is 1. The van der Waals surface area contributed by atoms with Crippen molar-refractivity contribution in [2.24, 2.45) is 0 Å². The molecule has 4 heterocycles. The molecule has 0 spiro atoms. The number of nitrogens with zero attached hydrogens (tertiary/aromatic N) is 6. The van der Waals surface area contributed by atoms with E-state index in [4.69, 9.17) is 0 Å². The van der Waals surface area contributed by atoms with Crippen molar-refractivity contribution >= 4 is 27.3 Å². The van der Waals surface area contributed by atoms with Gasteiger partial charge in [-0.3, -0.25) is 9.59 Å². The SMILES string of the molecule is CCN1CCN(C(=O)c2cnc3sc(N4CCCCC4)nn3c2=O)CC1. The van der Waals surface area contributed by atoms with Gasteiger partial charge in [-0.2, -0.15) is 4.52 Å². The molecule has 0 N–H and O–H groups in total. The molecule has 0 bridgehead atoms. The van der Waals surface area contributed by atoms with Gasteiger partial charge in [-0.15, -0.1) is 5.10 Å². The zero-order chi connectivity index (χ0) is 18.1. The van der Waals surface area contributed by atoms with E-state index in [1.54, 1.807) is 4.90 Å². The molecular weight excluding hydrogens is 352 g/mol. The largest absolute Gasteiger partial charge is 0.347 e. The van der Waals surface area contributed by atoms with Gasteiger partial charge in [0.05, 0.1) is 0 Å². The second-order valence-electron chi connectivity index (χ2n) is 6.83. The fourth-order valence-corrected chi connectivity index (χ4v) is 4.49. The second kappa shape index (κ2) is 7.32. The van der Waals surface area contributed by atoms with E-state index in [9.17, 15) is 9.59 Å². The molecule has 2 fully saturated rings. The van der Waals surface area contributed by atoms with Gasteiger partial charge in [-0.05, 0) is 25.8 Å². The van der Waals surface area contributed by atoms with Crippen molar-refractivity contribution in [1.29, 1.82) is 0 Å². The lowest BCUT2D eigenvalue weighted by Crippen LogP contribution is -2.49. The fourth-order valence-electron chi connectivity index (χ4n) is 3.57. The van der Waals surface area contributed by atoms with Crippen LogP contribution in [0.1, 0.15) is 36.5 Å². The van der Waals surface area contributed by atoms with E-state index in [1.807, 2.05) is 0 Å². The lowest BCUT2D eigenvalue weighted by Gasteiger charge is -2.33. The van der Waals surface area contributed by atoms with Crippen molar-refractivity contribution in [3.63, 3.8) is 0 Å². The normalized spacial score (nSPS) is 19.3. The van der Waals surface area contributed by atoms with Gasteiger partial charge in [0.25, 0.3) is 11.5 Å². The van der Waals surface area contributed by atoms with Crippen LogP contribution >= 0.6 is 11.3 Å². The number of piperazine rings is 1. The van der Waals surface area contributed by atoms with Crippen molar-refractivity contribution in [2.75, 3.05) is 50.7 Å². The molecule has 8 nitrogen and oxygen atoms in total. The van der Waals surface area contributed by atoms with Crippen molar-refractivity contribution in [3.05, 3.63) is 22.1 Å². The monoisotopic (exact) mass is 376 g/mol. The van der Waals surface area contributed by atoms with E-state index in [1.165, 1.54) is 28.5 Å². The summed E-state index contributed by atoms with van der Waals surface area (Å²) in [5.74, 6) is -0.236. The molecule has 2 aliphatic heterocycles. The molecule has 140 valence electrons. The number of carbonyl (C=O) groups is 1. The Hall–Kier alpha value is -2.00. The van der Waals surface area contributed by atoms with Gasteiger partial charge in [-0.25, -0.2) is 4.98 Å². The highest BCUT2D eigenvalue weighted by Gasteiger charge is 2.25. The molecule has 4 rings (SSSR count). The van der Waals surface area contributed by atoms with Crippen LogP contribution in [0.4, 0.5) is 5.13 Å². The summed E-state index contributed by atoms with van der Waals surface area (Å²) in [6, 6.07) is 0. The molecule has 0 atom stereocenters. The average Bonchev–Trinajstić information content (AvgIpc) is 3.14. The van der Waals surface area contributed by atoms with Crippen LogP contribution in [0.2, 0.25) is 0 Å². The van der Waals surface area contributed by atoms with E-state index >= 15 is 0 Å². The quantitative estimate of drug-likeness (QED) is 0.793. The van der Waals surface area contributed by atoms with E-state index < -0.39 is 0 Å². The number of amides is 1. The number of likely N-dealkylation sites (N-methyl/N-ethyl adjacent to an activating group) is 1. The summed E-state index contributed by atoms with van der Waals surface area (Å²) in [6.45, 7) is 7.99. The number of piperidine rings is 1. The molecule has 2 aliphatic rings. The summed E-state index contributed by atoms with van der Waals surface area (Å²) in [7, 11) is 0. The van der Waals surface area contributed by atoms with Gasteiger partial charge >= 0.3 is 0 Å².